The fourth-order valence-corrected chi connectivity index (χ4v) is 4.68. The SMILES string of the molecule is CCCCCCOC(=O)c1ccc(Nc2nc(Nc3ccc(C(=O)O)cc3)nc(Nc3ccc(C(=O)NC(C)(C)C)cc3)n2)cc1CC. The third-order valence-corrected chi connectivity index (χ3v) is 7.11. The maximum absolute atomic E-state index is 12.8. The minimum absolute atomic E-state index is 0.149. The van der Waals surface area contributed by atoms with E-state index in [2.05, 4.69) is 43.1 Å². The number of aromatic carboxylic acids is 1. The van der Waals surface area contributed by atoms with E-state index in [1.165, 1.54) is 12.1 Å². The van der Waals surface area contributed by atoms with Crippen LogP contribution in [0.5, 0.6) is 0 Å². The Hall–Kier alpha value is -5.52. The predicted octanol–water partition coefficient (Wildman–Crippen LogP) is 7.63. The Kier molecular flexibility index (Phi) is 12.0. The summed E-state index contributed by atoms with van der Waals surface area (Å²) in [4.78, 5) is 50.2. The zero-order valence-electron chi connectivity index (χ0n) is 28.0. The van der Waals surface area contributed by atoms with Gasteiger partial charge >= 0.3 is 11.9 Å². The molecule has 252 valence electrons. The van der Waals surface area contributed by atoms with Crippen LogP contribution in [0.4, 0.5) is 34.9 Å². The fraction of sp³-hybridized carbons (Fsp3) is 0.333. The summed E-state index contributed by atoms with van der Waals surface area (Å²) in [6, 6.07) is 18.5. The van der Waals surface area contributed by atoms with Gasteiger partial charge in [-0.05, 0) is 106 Å². The van der Waals surface area contributed by atoms with Crippen molar-refractivity contribution in [3.63, 3.8) is 0 Å². The molecule has 48 heavy (non-hydrogen) atoms. The fourth-order valence-electron chi connectivity index (χ4n) is 4.68. The number of hydrogen-bond acceptors (Lipinski definition) is 10. The van der Waals surface area contributed by atoms with E-state index in [0.717, 1.165) is 31.2 Å². The number of amides is 1. The quantitative estimate of drug-likeness (QED) is 0.0632. The third kappa shape index (κ3) is 10.5. The lowest BCUT2D eigenvalue weighted by Crippen LogP contribution is -2.40. The minimum Gasteiger partial charge on any atom is -0.478 e. The van der Waals surface area contributed by atoms with Crippen molar-refractivity contribution in [2.45, 2.75) is 72.3 Å². The first-order chi connectivity index (χ1) is 22.9. The molecule has 0 saturated heterocycles. The number of esters is 1. The van der Waals surface area contributed by atoms with Crippen LogP contribution in [0.25, 0.3) is 0 Å². The molecule has 0 aliphatic rings. The number of ether oxygens (including phenoxy) is 1. The molecule has 0 aliphatic heterocycles. The van der Waals surface area contributed by atoms with Crippen LogP contribution in [-0.4, -0.2) is 50.1 Å². The molecular formula is C36H43N7O5. The molecule has 0 radical (unpaired) electrons. The van der Waals surface area contributed by atoms with Crippen LogP contribution in [-0.2, 0) is 11.2 Å². The number of carboxylic acid groups (broad SMARTS) is 1. The van der Waals surface area contributed by atoms with Gasteiger partial charge in [0.1, 0.15) is 0 Å². The molecule has 1 heterocycles. The van der Waals surface area contributed by atoms with Gasteiger partial charge in [0.15, 0.2) is 0 Å². The summed E-state index contributed by atoms with van der Waals surface area (Å²) in [5.41, 5.74) is 3.50. The van der Waals surface area contributed by atoms with Crippen molar-refractivity contribution < 1.29 is 24.2 Å². The summed E-state index contributed by atoms with van der Waals surface area (Å²) in [5.74, 6) is -0.935. The lowest BCUT2D eigenvalue weighted by molar-refractivity contribution is 0.0496. The molecule has 0 spiro atoms. The number of rotatable bonds is 15. The number of unbranched alkanes of at least 4 members (excludes halogenated alkanes) is 3. The van der Waals surface area contributed by atoms with Crippen LogP contribution in [0.2, 0.25) is 0 Å². The summed E-state index contributed by atoms with van der Waals surface area (Å²) in [6.07, 6.45) is 4.71. The van der Waals surface area contributed by atoms with Crippen molar-refractivity contribution in [1.82, 2.24) is 20.3 Å². The molecule has 3 aromatic carbocycles. The first-order valence-electron chi connectivity index (χ1n) is 16.1. The van der Waals surface area contributed by atoms with E-state index < -0.39 is 5.97 Å². The third-order valence-electron chi connectivity index (χ3n) is 7.11. The number of carbonyl (C=O) groups excluding carboxylic acids is 2. The van der Waals surface area contributed by atoms with Gasteiger partial charge < -0.3 is 31.1 Å². The Labute approximate surface area is 280 Å². The molecule has 4 rings (SSSR count). The van der Waals surface area contributed by atoms with Gasteiger partial charge in [-0.15, -0.1) is 0 Å². The molecule has 12 heteroatoms. The molecule has 0 aliphatic carbocycles. The number of carbonyl (C=O) groups is 3. The number of carboxylic acids is 1. The summed E-state index contributed by atoms with van der Waals surface area (Å²) in [5, 5.41) is 21.7. The number of aromatic nitrogens is 3. The van der Waals surface area contributed by atoms with E-state index in [-0.39, 0.29) is 40.8 Å². The van der Waals surface area contributed by atoms with Crippen LogP contribution in [0, 0.1) is 0 Å². The highest BCUT2D eigenvalue weighted by Crippen LogP contribution is 2.24. The number of hydrogen-bond donors (Lipinski definition) is 5. The van der Waals surface area contributed by atoms with Gasteiger partial charge in [0.2, 0.25) is 17.8 Å². The number of anilines is 6. The van der Waals surface area contributed by atoms with Crippen LogP contribution in [0.1, 0.15) is 96.9 Å². The summed E-state index contributed by atoms with van der Waals surface area (Å²) in [7, 11) is 0. The van der Waals surface area contributed by atoms with E-state index in [0.29, 0.717) is 41.2 Å². The molecule has 0 atom stereocenters. The average molecular weight is 654 g/mol. The van der Waals surface area contributed by atoms with Gasteiger partial charge in [0.05, 0.1) is 17.7 Å². The van der Waals surface area contributed by atoms with Gasteiger partial charge in [-0.25, -0.2) is 9.59 Å². The number of nitrogens with one attached hydrogen (secondary N) is 4. The zero-order chi connectivity index (χ0) is 34.7. The molecule has 1 aromatic heterocycles. The van der Waals surface area contributed by atoms with Crippen LogP contribution in [0.15, 0.2) is 66.7 Å². The molecule has 1 amide bonds. The molecular weight excluding hydrogens is 610 g/mol. The second-order valence-corrected chi connectivity index (χ2v) is 12.3. The zero-order valence-corrected chi connectivity index (χ0v) is 28.0. The lowest BCUT2D eigenvalue weighted by Gasteiger charge is -2.20. The van der Waals surface area contributed by atoms with Crippen LogP contribution in [0.3, 0.4) is 0 Å². The standard InChI is InChI=1S/C36H43N7O5/c1-6-8-9-10-21-48-32(47)29-20-19-28(22-23(29)7-2)39-35-41-33(37-26-15-11-24(12-16-26)30(44)43-36(3,4)5)40-34(42-35)38-27-17-13-25(14-18-27)31(45)46/h11-20,22H,6-10,21H2,1-5H3,(H,43,44)(H,45,46)(H3,37,38,39,40,41,42). The Balaban J connectivity index is 1.57. The van der Waals surface area contributed by atoms with Crippen molar-refractivity contribution in [3.05, 3.63) is 89.0 Å². The van der Waals surface area contributed by atoms with Gasteiger partial charge in [-0.2, -0.15) is 15.0 Å². The second kappa shape index (κ2) is 16.3. The highest BCUT2D eigenvalue weighted by Gasteiger charge is 2.17. The molecule has 4 aromatic rings. The molecule has 0 bridgehead atoms. The van der Waals surface area contributed by atoms with E-state index >= 15 is 0 Å². The van der Waals surface area contributed by atoms with Crippen LogP contribution >= 0.6 is 0 Å². The average Bonchev–Trinajstić information content (AvgIpc) is 3.04. The number of nitrogens with zero attached hydrogens (tertiary/aromatic N) is 3. The normalized spacial score (nSPS) is 11.0. The van der Waals surface area contributed by atoms with E-state index in [1.54, 1.807) is 48.5 Å². The first kappa shape index (κ1) is 35.3. The Morgan fingerprint density at radius 2 is 1.23 bits per heavy atom. The minimum atomic E-state index is -1.03. The molecule has 12 nitrogen and oxygen atoms in total. The van der Waals surface area contributed by atoms with Crippen molar-refractivity contribution in [3.8, 4) is 0 Å². The van der Waals surface area contributed by atoms with E-state index in [4.69, 9.17) is 4.74 Å². The van der Waals surface area contributed by atoms with Crippen molar-refractivity contribution >= 4 is 52.8 Å². The Bertz CT molecular complexity index is 1720. The van der Waals surface area contributed by atoms with E-state index in [9.17, 15) is 19.5 Å². The number of benzene rings is 3. The number of aryl methyl sites for hydroxylation is 1. The molecule has 5 N–H and O–H groups in total. The van der Waals surface area contributed by atoms with Gasteiger partial charge in [0.25, 0.3) is 5.91 Å². The smallest absolute Gasteiger partial charge is 0.338 e. The van der Waals surface area contributed by atoms with Crippen molar-refractivity contribution in [2.75, 3.05) is 22.6 Å². The van der Waals surface area contributed by atoms with Gasteiger partial charge in [-0.3, -0.25) is 4.79 Å². The topological polar surface area (TPSA) is 167 Å². The first-order valence-corrected chi connectivity index (χ1v) is 16.1. The van der Waals surface area contributed by atoms with Crippen LogP contribution < -0.4 is 21.3 Å². The largest absolute Gasteiger partial charge is 0.478 e. The Morgan fingerprint density at radius 3 is 1.73 bits per heavy atom. The Morgan fingerprint density at radius 1 is 0.708 bits per heavy atom. The van der Waals surface area contributed by atoms with Gasteiger partial charge in [-0.1, -0.05) is 33.1 Å². The lowest BCUT2D eigenvalue weighted by atomic mass is 10.0. The molecule has 0 fully saturated rings. The molecule has 0 unspecified atom stereocenters. The highest BCUT2D eigenvalue weighted by atomic mass is 16.5. The van der Waals surface area contributed by atoms with Gasteiger partial charge in [0, 0.05) is 28.2 Å². The highest BCUT2D eigenvalue weighted by molar-refractivity contribution is 5.95. The maximum Gasteiger partial charge on any atom is 0.338 e. The maximum atomic E-state index is 12.8. The summed E-state index contributed by atoms with van der Waals surface area (Å²) < 4.78 is 5.52. The van der Waals surface area contributed by atoms with Crippen molar-refractivity contribution in [1.29, 1.82) is 0 Å². The summed E-state index contributed by atoms with van der Waals surface area (Å²) in [6.45, 7) is 10.3. The monoisotopic (exact) mass is 653 g/mol. The second-order valence-electron chi connectivity index (χ2n) is 12.3. The van der Waals surface area contributed by atoms with E-state index in [1.807, 2.05) is 33.8 Å². The molecule has 0 saturated carbocycles. The summed E-state index contributed by atoms with van der Waals surface area (Å²) >= 11 is 0. The predicted molar refractivity (Wildman–Crippen MR) is 187 cm³/mol. The van der Waals surface area contributed by atoms with Crippen molar-refractivity contribution in [2.24, 2.45) is 0 Å².